The molecule has 1 aliphatic heterocycles. The zero-order valence-electron chi connectivity index (χ0n) is 15.0. The van der Waals surface area contributed by atoms with Gasteiger partial charge >= 0.3 is 0 Å². The zero-order valence-corrected chi connectivity index (χ0v) is 15.8. The summed E-state index contributed by atoms with van der Waals surface area (Å²) in [6.07, 6.45) is 0. The summed E-state index contributed by atoms with van der Waals surface area (Å²) in [5.74, 6) is -0.929. The fraction of sp³-hybridized carbons (Fsp3) is 0.263. The Hall–Kier alpha value is -2.87. The van der Waals surface area contributed by atoms with E-state index < -0.39 is 21.8 Å². The van der Waals surface area contributed by atoms with Crippen molar-refractivity contribution in [1.82, 2.24) is 5.32 Å². The molecular formula is C19H20N2O5S. The van der Waals surface area contributed by atoms with Crippen LogP contribution in [0.25, 0.3) is 0 Å². The van der Waals surface area contributed by atoms with Crippen molar-refractivity contribution >= 4 is 27.5 Å². The molecule has 0 spiro atoms. The first-order chi connectivity index (χ1) is 12.8. The third-order valence-electron chi connectivity index (χ3n) is 4.32. The summed E-state index contributed by atoms with van der Waals surface area (Å²) in [6, 6.07) is 13.3. The molecule has 3 rings (SSSR count). The van der Waals surface area contributed by atoms with E-state index in [1.54, 1.807) is 38.3 Å². The number of carbonyl (C=O) groups excluding carboxylic acids is 2. The number of methoxy groups -OCH3 is 1. The first kappa shape index (κ1) is 18.9. The summed E-state index contributed by atoms with van der Waals surface area (Å²) in [6.45, 7) is 1.89. The highest BCUT2D eigenvalue weighted by atomic mass is 32.2. The highest BCUT2D eigenvalue weighted by molar-refractivity contribution is 7.94. The summed E-state index contributed by atoms with van der Waals surface area (Å²) in [7, 11) is -2.12. The van der Waals surface area contributed by atoms with E-state index in [1.807, 2.05) is 12.1 Å². The van der Waals surface area contributed by atoms with Crippen LogP contribution in [0.1, 0.15) is 22.8 Å². The number of ether oxygens (including phenoxy) is 1. The van der Waals surface area contributed by atoms with Crippen molar-refractivity contribution in [3.63, 3.8) is 0 Å². The predicted molar refractivity (Wildman–Crippen MR) is 101 cm³/mol. The van der Waals surface area contributed by atoms with Crippen LogP contribution in [0.5, 0.6) is 5.75 Å². The van der Waals surface area contributed by atoms with E-state index in [4.69, 9.17) is 4.74 Å². The molecule has 1 atom stereocenters. The van der Waals surface area contributed by atoms with Gasteiger partial charge in [-0.2, -0.15) is 0 Å². The molecule has 0 radical (unpaired) electrons. The normalized spacial score (nSPS) is 18.4. The summed E-state index contributed by atoms with van der Waals surface area (Å²) in [5.41, 5.74) is 1.36. The fourth-order valence-corrected chi connectivity index (χ4v) is 4.70. The molecule has 8 heteroatoms. The van der Waals surface area contributed by atoms with Gasteiger partial charge in [0.05, 0.1) is 24.5 Å². The third-order valence-corrected chi connectivity index (χ3v) is 6.18. The van der Waals surface area contributed by atoms with Crippen LogP contribution >= 0.6 is 0 Å². The molecule has 142 valence electrons. The van der Waals surface area contributed by atoms with Crippen LogP contribution in [-0.4, -0.2) is 33.1 Å². The maximum atomic E-state index is 12.4. The first-order valence-electron chi connectivity index (χ1n) is 8.40. The van der Waals surface area contributed by atoms with Crippen molar-refractivity contribution in [2.75, 3.05) is 17.2 Å². The Bertz CT molecular complexity index is 970. The minimum atomic E-state index is -3.70. The lowest BCUT2D eigenvalue weighted by atomic mass is 10.1. The smallest absolute Gasteiger partial charge is 0.251 e. The van der Waals surface area contributed by atoms with Crippen molar-refractivity contribution in [3.05, 3.63) is 59.7 Å². The van der Waals surface area contributed by atoms with Crippen LogP contribution in [-0.2, 0) is 21.4 Å². The quantitative estimate of drug-likeness (QED) is 0.845. The van der Waals surface area contributed by atoms with Crippen LogP contribution in [0.4, 0.5) is 5.69 Å². The monoisotopic (exact) mass is 388 g/mol. The van der Waals surface area contributed by atoms with Gasteiger partial charge in [-0.1, -0.05) is 25.1 Å². The molecule has 0 aromatic heterocycles. The molecule has 1 aliphatic rings. The van der Waals surface area contributed by atoms with Gasteiger partial charge in [-0.15, -0.1) is 0 Å². The number of hydrogen-bond donors (Lipinski definition) is 1. The van der Waals surface area contributed by atoms with Crippen molar-refractivity contribution in [3.8, 4) is 5.75 Å². The van der Waals surface area contributed by atoms with E-state index in [0.717, 1.165) is 15.6 Å². The molecule has 2 aromatic rings. The molecular weight excluding hydrogens is 368 g/mol. The minimum absolute atomic E-state index is 0.182. The SMILES string of the molecule is COc1ccc(CNC(=O)c2cccc(N3C(=O)C(C)CS3(=O)=O)c2)cc1. The van der Waals surface area contributed by atoms with Gasteiger partial charge in [-0.3, -0.25) is 9.59 Å². The van der Waals surface area contributed by atoms with Crippen LogP contribution < -0.4 is 14.4 Å². The van der Waals surface area contributed by atoms with Crippen LogP contribution in [0.15, 0.2) is 48.5 Å². The highest BCUT2D eigenvalue weighted by Gasteiger charge is 2.42. The summed E-state index contributed by atoms with van der Waals surface area (Å²) in [5, 5.41) is 2.78. The average Bonchev–Trinajstić information content (AvgIpc) is 2.87. The number of anilines is 1. The lowest BCUT2D eigenvalue weighted by Crippen LogP contribution is -2.30. The molecule has 1 unspecified atom stereocenters. The van der Waals surface area contributed by atoms with Crippen molar-refractivity contribution in [2.45, 2.75) is 13.5 Å². The van der Waals surface area contributed by atoms with Gasteiger partial charge in [-0.25, -0.2) is 12.7 Å². The minimum Gasteiger partial charge on any atom is -0.497 e. The lowest BCUT2D eigenvalue weighted by molar-refractivity contribution is -0.119. The Labute approximate surface area is 158 Å². The molecule has 0 aliphatic carbocycles. The van der Waals surface area contributed by atoms with E-state index in [9.17, 15) is 18.0 Å². The number of rotatable bonds is 5. The van der Waals surface area contributed by atoms with Crippen molar-refractivity contribution in [2.24, 2.45) is 5.92 Å². The Morgan fingerprint density at radius 2 is 1.93 bits per heavy atom. The van der Waals surface area contributed by atoms with E-state index in [1.165, 1.54) is 12.1 Å². The molecule has 1 saturated heterocycles. The highest BCUT2D eigenvalue weighted by Crippen LogP contribution is 2.28. The molecule has 7 nitrogen and oxygen atoms in total. The predicted octanol–water partition coefficient (Wildman–Crippen LogP) is 1.94. The van der Waals surface area contributed by atoms with Gasteiger partial charge < -0.3 is 10.1 Å². The molecule has 1 heterocycles. The fourth-order valence-electron chi connectivity index (χ4n) is 2.89. The van der Waals surface area contributed by atoms with E-state index >= 15 is 0 Å². The van der Waals surface area contributed by atoms with Gasteiger partial charge in [-0.05, 0) is 35.9 Å². The second-order valence-corrected chi connectivity index (χ2v) is 8.23. The number of nitrogens with one attached hydrogen (secondary N) is 1. The maximum absolute atomic E-state index is 12.4. The van der Waals surface area contributed by atoms with E-state index in [0.29, 0.717) is 6.54 Å². The maximum Gasteiger partial charge on any atom is 0.251 e. The average molecular weight is 388 g/mol. The summed E-state index contributed by atoms with van der Waals surface area (Å²) < 4.78 is 30.3. The number of carbonyl (C=O) groups is 2. The molecule has 27 heavy (non-hydrogen) atoms. The molecule has 1 N–H and O–H groups in total. The first-order valence-corrected chi connectivity index (χ1v) is 10.0. The Balaban J connectivity index is 1.75. The molecule has 0 bridgehead atoms. The van der Waals surface area contributed by atoms with Crippen LogP contribution in [0.3, 0.4) is 0 Å². The number of sulfonamides is 1. The van der Waals surface area contributed by atoms with Gasteiger partial charge in [0.2, 0.25) is 15.9 Å². The Kier molecular flexibility index (Phi) is 5.18. The molecule has 1 fully saturated rings. The third kappa shape index (κ3) is 3.95. The zero-order chi connectivity index (χ0) is 19.6. The second-order valence-electron chi connectivity index (χ2n) is 6.36. The topological polar surface area (TPSA) is 92.8 Å². The number of hydrogen-bond acceptors (Lipinski definition) is 5. The van der Waals surface area contributed by atoms with E-state index in [2.05, 4.69) is 5.32 Å². The lowest BCUT2D eigenvalue weighted by Gasteiger charge is -2.16. The van der Waals surface area contributed by atoms with Crippen molar-refractivity contribution < 1.29 is 22.7 Å². The van der Waals surface area contributed by atoms with Gasteiger partial charge in [0.1, 0.15) is 5.75 Å². The van der Waals surface area contributed by atoms with Crippen molar-refractivity contribution in [1.29, 1.82) is 0 Å². The number of benzene rings is 2. The largest absolute Gasteiger partial charge is 0.497 e. The molecule has 0 saturated carbocycles. The van der Waals surface area contributed by atoms with Gasteiger partial charge in [0.25, 0.3) is 5.91 Å². The van der Waals surface area contributed by atoms with Gasteiger partial charge in [0.15, 0.2) is 0 Å². The number of nitrogens with zero attached hydrogens (tertiary/aromatic N) is 1. The van der Waals surface area contributed by atoms with Gasteiger partial charge in [0, 0.05) is 12.1 Å². The standard InChI is InChI=1S/C19H20N2O5S/c1-13-12-27(24,25)21(19(13)23)16-5-3-4-15(10-16)18(22)20-11-14-6-8-17(26-2)9-7-14/h3-10,13H,11-12H2,1-2H3,(H,20,22). The Morgan fingerprint density at radius 3 is 2.52 bits per heavy atom. The molecule has 2 amide bonds. The van der Waals surface area contributed by atoms with E-state index in [-0.39, 0.29) is 22.9 Å². The summed E-state index contributed by atoms with van der Waals surface area (Å²) >= 11 is 0. The second kappa shape index (κ2) is 7.40. The Morgan fingerprint density at radius 1 is 1.22 bits per heavy atom. The number of amides is 2. The summed E-state index contributed by atoms with van der Waals surface area (Å²) in [4.78, 5) is 24.6. The molecule has 2 aromatic carbocycles. The van der Waals surface area contributed by atoms with Crippen LogP contribution in [0, 0.1) is 5.92 Å². The van der Waals surface area contributed by atoms with Crippen LogP contribution in [0.2, 0.25) is 0 Å².